The van der Waals surface area contributed by atoms with Gasteiger partial charge < -0.3 is 10.2 Å². The number of rotatable bonds is 3. The second-order valence-corrected chi connectivity index (χ2v) is 7.37. The zero-order valence-electron chi connectivity index (χ0n) is 13.3. The Balaban J connectivity index is 2.24. The lowest BCUT2D eigenvalue weighted by molar-refractivity contribution is -0.155. The van der Waals surface area contributed by atoms with Gasteiger partial charge in [0.05, 0.1) is 0 Å². The Kier molecular flexibility index (Phi) is 4.89. The number of carbonyl (C=O) groups is 2. The van der Waals surface area contributed by atoms with Crippen LogP contribution in [0.15, 0.2) is 0 Å². The largest absolute Gasteiger partial charge is 0.342 e. The SMILES string of the molecule is CC(C)(C)C1NC(=O)C(C2CCCCC2)N(CCF)C1=O. The van der Waals surface area contributed by atoms with Gasteiger partial charge in [-0.15, -0.1) is 0 Å². The van der Waals surface area contributed by atoms with Crippen molar-refractivity contribution in [2.45, 2.75) is 65.0 Å². The standard InChI is InChI=1S/C16H27FN2O2/c1-16(2,3)13-15(21)19(10-9-17)12(14(20)18-13)11-7-5-4-6-8-11/h11-13H,4-10H2,1-3H3,(H,18,20). The second kappa shape index (κ2) is 6.32. The van der Waals surface area contributed by atoms with Crippen molar-refractivity contribution in [3.8, 4) is 0 Å². The maximum absolute atomic E-state index is 12.9. The highest BCUT2D eigenvalue weighted by molar-refractivity contribution is 5.97. The zero-order chi connectivity index (χ0) is 15.6. The van der Waals surface area contributed by atoms with Gasteiger partial charge in [-0.05, 0) is 24.2 Å². The molecule has 1 aliphatic carbocycles. The fourth-order valence-electron chi connectivity index (χ4n) is 3.58. The van der Waals surface area contributed by atoms with Gasteiger partial charge in [0.25, 0.3) is 0 Å². The summed E-state index contributed by atoms with van der Waals surface area (Å²) in [5.74, 6) is -0.0552. The Morgan fingerprint density at radius 3 is 2.33 bits per heavy atom. The molecule has 2 atom stereocenters. The minimum atomic E-state index is -0.598. The van der Waals surface area contributed by atoms with E-state index in [2.05, 4.69) is 5.32 Å². The van der Waals surface area contributed by atoms with Gasteiger partial charge in [-0.25, -0.2) is 4.39 Å². The van der Waals surface area contributed by atoms with Crippen LogP contribution < -0.4 is 5.32 Å². The van der Waals surface area contributed by atoms with Crippen molar-refractivity contribution in [2.75, 3.05) is 13.2 Å². The van der Waals surface area contributed by atoms with Crippen LogP contribution in [-0.2, 0) is 9.59 Å². The Morgan fingerprint density at radius 2 is 1.81 bits per heavy atom. The molecular weight excluding hydrogens is 271 g/mol. The quantitative estimate of drug-likeness (QED) is 0.869. The molecule has 2 amide bonds. The van der Waals surface area contributed by atoms with Crippen LogP contribution in [0.3, 0.4) is 0 Å². The van der Waals surface area contributed by atoms with Gasteiger partial charge in [-0.3, -0.25) is 9.59 Å². The Bertz CT molecular complexity index is 400. The number of carbonyl (C=O) groups excluding carboxylic acids is 2. The first-order valence-corrected chi connectivity index (χ1v) is 8.03. The van der Waals surface area contributed by atoms with E-state index in [0.29, 0.717) is 0 Å². The maximum Gasteiger partial charge on any atom is 0.246 e. The van der Waals surface area contributed by atoms with Crippen molar-refractivity contribution >= 4 is 11.8 Å². The molecule has 0 bridgehead atoms. The molecule has 2 fully saturated rings. The number of hydrogen-bond acceptors (Lipinski definition) is 2. The van der Waals surface area contributed by atoms with E-state index in [1.54, 1.807) is 0 Å². The highest BCUT2D eigenvalue weighted by Crippen LogP contribution is 2.33. The van der Waals surface area contributed by atoms with Gasteiger partial charge in [0.2, 0.25) is 11.8 Å². The summed E-state index contributed by atoms with van der Waals surface area (Å²) in [6.07, 6.45) is 5.28. The molecule has 2 aliphatic rings. The number of nitrogens with one attached hydrogen (secondary N) is 1. The summed E-state index contributed by atoms with van der Waals surface area (Å²) in [5, 5.41) is 2.89. The molecule has 0 aromatic carbocycles. The third kappa shape index (κ3) is 3.38. The van der Waals surface area contributed by atoms with E-state index in [1.165, 1.54) is 11.3 Å². The smallest absolute Gasteiger partial charge is 0.246 e. The van der Waals surface area contributed by atoms with Crippen LogP contribution >= 0.6 is 0 Å². The highest BCUT2D eigenvalue weighted by atomic mass is 19.1. The lowest BCUT2D eigenvalue weighted by Gasteiger charge is -2.46. The summed E-state index contributed by atoms with van der Waals surface area (Å²) in [5.41, 5.74) is -0.362. The Morgan fingerprint density at radius 1 is 1.19 bits per heavy atom. The second-order valence-electron chi connectivity index (χ2n) is 7.37. The normalized spacial score (nSPS) is 28.7. The van der Waals surface area contributed by atoms with E-state index >= 15 is 0 Å². The minimum Gasteiger partial charge on any atom is -0.342 e. The highest BCUT2D eigenvalue weighted by Gasteiger charge is 2.47. The van der Waals surface area contributed by atoms with Crippen LogP contribution in [0.4, 0.5) is 4.39 Å². The van der Waals surface area contributed by atoms with Gasteiger partial charge in [0, 0.05) is 6.54 Å². The first-order valence-electron chi connectivity index (χ1n) is 8.03. The molecule has 1 heterocycles. The molecule has 1 N–H and O–H groups in total. The Hall–Kier alpha value is -1.13. The molecule has 2 unspecified atom stereocenters. The van der Waals surface area contributed by atoms with Crippen LogP contribution in [0.2, 0.25) is 0 Å². The van der Waals surface area contributed by atoms with Crippen molar-refractivity contribution in [1.29, 1.82) is 0 Å². The number of alkyl halides is 1. The number of amides is 2. The fourth-order valence-corrected chi connectivity index (χ4v) is 3.58. The monoisotopic (exact) mass is 298 g/mol. The minimum absolute atomic E-state index is 0.0278. The molecule has 1 saturated carbocycles. The molecule has 0 aromatic heterocycles. The third-order valence-electron chi connectivity index (χ3n) is 4.71. The first-order chi connectivity index (χ1) is 9.86. The predicted molar refractivity (Wildman–Crippen MR) is 79.4 cm³/mol. The zero-order valence-corrected chi connectivity index (χ0v) is 13.3. The van der Waals surface area contributed by atoms with Crippen molar-refractivity contribution in [2.24, 2.45) is 11.3 Å². The number of hydrogen-bond donors (Lipinski definition) is 1. The van der Waals surface area contributed by atoms with E-state index in [9.17, 15) is 14.0 Å². The Labute approximate surface area is 126 Å². The van der Waals surface area contributed by atoms with Crippen LogP contribution in [0.1, 0.15) is 52.9 Å². The molecule has 4 nitrogen and oxygen atoms in total. The van der Waals surface area contributed by atoms with Crippen LogP contribution in [-0.4, -0.2) is 42.0 Å². The van der Waals surface area contributed by atoms with Gasteiger partial charge in [-0.2, -0.15) is 0 Å². The van der Waals surface area contributed by atoms with E-state index < -0.39 is 18.8 Å². The van der Waals surface area contributed by atoms with E-state index in [-0.39, 0.29) is 29.7 Å². The molecule has 21 heavy (non-hydrogen) atoms. The average molecular weight is 298 g/mol. The van der Waals surface area contributed by atoms with E-state index in [0.717, 1.165) is 25.7 Å². The van der Waals surface area contributed by atoms with Gasteiger partial charge in [0.15, 0.2) is 0 Å². The van der Waals surface area contributed by atoms with Crippen LogP contribution in [0.5, 0.6) is 0 Å². The predicted octanol–water partition coefficient (Wildman–Crippen LogP) is 2.28. The molecule has 0 aromatic rings. The molecule has 5 heteroatoms. The summed E-state index contributed by atoms with van der Waals surface area (Å²) in [6.45, 7) is 5.19. The van der Waals surface area contributed by atoms with Crippen LogP contribution in [0, 0.1) is 11.3 Å². The molecule has 0 spiro atoms. The summed E-state index contributed by atoms with van der Waals surface area (Å²) in [7, 11) is 0. The molecule has 0 radical (unpaired) electrons. The number of nitrogens with zero attached hydrogens (tertiary/aromatic N) is 1. The molecular formula is C16H27FN2O2. The summed E-state index contributed by atoms with van der Waals surface area (Å²) >= 11 is 0. The summed E-state index contributed by atoms with van der Waals surface area (Å²) < 4.78 is 12.9. The fraction of sp³-hybridized carbons (Fsp3) is 0.875. The molecule has 2 rings (SSSR count). The third-order valence-corrected chi connectivity index (χ3v) is 4.71. The van der Waals surface area contributed by atoms with Gasteiger partial charge >= 0.3 is 0 Å². The average Bonchev–Trinajstić information content (AvgIpc) is 2.42. The van der Waals surface area contributed by atoms with Crippen molar-refractivity contribution in [3.63, 3.8) is 0 Å². The number of piperazine rings is 1. The summed E-state index contributed by atoms with van der Waals surface area (Å²) in [4.78, 5) is 26.8. The molecule has 1 saturated heterocycles. The topological polar surface area (TPSA) is 49.4 Å². The van der Waals surface area contributed by atoms with E-state index in [1.807, 2.05) is 20.8 Å². The lowest BCUT2D eigenvalue weighted by atomic mass is 9.78. The molecule has 120 valence electrons. The van der Waals surface area contributed by atoms with Gasteiger partial charge in [-0.1, -0.05) is 40.0 Å². The maximum atomic E-state index is 12.9. The van der Waals surface area contributed by atoms with Crippen molar-refractivity contribution < 1.29 is 14.0 Å². The van der Waals surface area contributed by atoms with Gasteiger partial charge in [0.1, 0.15) is 18.8 Å². The van der Waals surface area contributed by atoms with Crippen molar-refractivity contribution in [3.05, 3.63) is 0 Å². The van der Waals surface area contributed by atoms with Crippen molar-refractivity contribution in [1.82, 2.24) is 10.2 Å². The molecule has 1 aliphatic heterocycles. The number of halogens is 1. The van der Waals surface area contributed by atoms with E-state index in [4.69, 9.17) is 0 Å². The lowest BCUT2D eigenvalue weighted by Crippen LogP contribution is -2.68. The van der Waals surface area contributed by atoms with Crippen LogP contribution in [0.25, 0.3) is 0 Å². The summed E-state index contributed by atoms with van der Waals surface area (Å²) in [6, 6.07) is -1.04. The first kappa shape index (κ1) is 16.2.